The van der Waals surface area contributed by atoms with Gasteiger partial charge >= 0.3 is 0 Å². The second-order valence-electron chi connectivity index (χ2n) is 7.13. The monoisotopic (exact) mass is 381 g/mol. The molecule has 0 unspecified atom stereocenters. The third kappa shape index (κ3) is 4.35. The summed E-state index contributed by atoms with van der Waals surface area (Å²) in [4.78, 5) is 16.5. The van der Waals surface area contributed by atoms with Crippen LogP contribution < -0.4 is 5.55 Å². The molecule has 0 radical (unpaired) electrons. The van der Waals surface area contributed by atoms with Gasteiger partial charge in [-0.1, -0.05) is 78.9 Å². The summed E-state index contributed by atoms with van der Waals surface area (Å²) < 4.78 is 6.38. The largest absolute Gasteiger partial charge is 0.438 e. The fourth-order valence-electron chi connectivity index (χ4n) is 3.50. The van der Waals surface area contributed by atoms with Gasteiger partial charge in [0.2, 0.25) is 5.55 Å². The van der Waals surface area contributed by atoms with Crippen LogP contribution in [0.25, 0.3) is 22.1 Å². The zero-order valence-corrected chi connectivity index (χ0v) is 16.5. The Kier molecular flexibility index (Phi) is 5.66. The predicted octanol–water partition coefficient (Wildman–Crippen LogP) is 5.72. The van der Waals surface area contributed by atoms with Crippen LogP contribution in [0.1, 0.15) is 24.5 Å². The number of nitrogens with zero attached hydrogens (tertiary/aromatic N) is 1. The number of aryl methyl sites for hydroxylation is 1. The number of carbonyl (C=O) groups excluding carboxylic acids is 1. The Morgan fingerprint density at radius 2 is 1.45 bits per heavy atom. The van der Waals surface area contributed by atoms with Crippen molar-refractivity contribution in [3.8, 4) is 11.3 Å². The fourth-order valence-corrected chi connectivity index (χ4v) is 3.50. The molecule has 0 aliphatic carbocycles. The van der Waals surface area contributed by atoms with Gasteiger partial charge in [0.25, 0.3) is 0 Å². The van der Waals surface area contributed by atoms with Gasteiger partial charge in [-0.15, -0.1) is 0 Å². The van der Waals surface area contributed by atoms with Crippen molar-refractivity contribution >= 4 is 16.6 Å². The minimum atomic E-state index is 0.172. The number of carbonyl (C=O) groups is 1. The minimum absolute atomic E-state index is 0.172. The first-order valence-corrected chi connectivity index (χ1v) is 9.86. The Bertz CT molecular complexity index is 1190. The van der Waals surface area contributed by atoms with Gasteiger partial charge < -0.3 is 9.21 Å². The highest BCUT2D eigenvalue weighted by molar-refractivity contribution is 5.89. The van der Waals surface area contributed by atoms with E-state index in [0.29, 0.717) is 24.9 Å². The SMILES string of the molecule is CC(=O)CCc1c(-c2ccccc2)oc(=NCc2ccccc2)c2ccccc12. The molecule has 3 aromatic carbocycles. The minimum Gasteiger partial charge on any atom is -0.438 e. The van der Waals surface area contributed by atoms with Gasteiger partial charge in [-0.2, -0.15) is 0 Å². The van der Waals surface area contributed by atoms with Gasteiger partial charge in [0.15, 0.2) is 0 Å². The first-order chi connectivity index (χ1) is 14.2. The van der Waals surface area contributed by atoms with Crippen LogP contribution in [-0.4, -0.2) is 5.78 Å². The predicted molar refractivity (Wildman–Crippen MR) is 116 cm³/mol. The lowest BCUT2D eigenvalue weighted by Crippen LogP contribution is -2.09. The Morgan fingerprint density at radius 3 is 2.14 bits per heavy atom. The summed E-state index contributed by atoms with van der Waals surface area (Å²) in [6.07, 6.45) is 1.13. The molecule has 4 rings (SSSR count). The zero-order chi connectivity index (χ0) is 20.1. The number of Topliss-reactive ketones (excluding diaryl/α,β-unsaturated/α-hetero) is 1. The summed E-state index contributed by atoms with van der Waals surface area (Å²) in [5, 5.41) is 2.06. The van der Waals surface area contributed by atoms with Crippen molar-refractivity contribution in [3.63, 3.8) is 0 Å². The van der Waals surface area contributed by atoms with E-state index in [2.05, 4.69) is 18.2 Å². The molecule has 0 amide bonds. The van der Waals surface area contributed by atoms with Gasteiger partial charge in [0.1, 0.15) is 11.5 Å². The van der Waals surface area contributed by atoms with E-state index >= 15 is 0 Å². The van der Waals surface area contributed by atoms with E-state index in [9.17, 15) is 4.79 Å². The van der Waals surface area contributed by atoms with Crippen LogP contribution in [-0.2, 0) is 17.8 Å². The van der Waals surface area contributed by atoms with Crippen LogP contribution in [0.5, 0.6) is 0 Å². The van der Waals surface area contributed by atoms with Crippen LogP contribution in [0, 0.1) is 0 Å². The third-order valence-electron chi connectivity index (χ3n) is 4.97. The molecule has 3 heteroatoms. The average Bonchev–Trinajstić information content (AvgIpc) is 2.77. The lowest BCUT2D eigenvalue weighted by atomic mass is 9.97. The molecule has 4 aromatic rings. The Balaban J connectivity index is 1.92. The number of rotatable bonds is 6. The molecule has 0 saturated carbocycles. The molecule has 0 N–H and O–H groups in total. The number of hydrogen-bond acceptors (Lipinski definition) is 3. The quantitative estimate of drug-likeness (QED) is 0.428. The third-order valence-corrected chi connectivity index (χ3v) is 4.97. The maximum atomic E-state index is 11.7. The van der Waals surface area contributed by atoms with E-state index in [4.69, 9.17) is 9.41 Å². The average molecular weight is 381 g/mol. The van der Waals surface area contributed by atoms with Crippen molar-refractivity contribution in [1.29, 1.82) is 0 Å². The molecule has 3 nitrogen and oxygen atoms in total. The van der Waals surface area contributed by atoms with Crippen molar-refractivity contribution in [2.24, 2.45) is 4.99 Å². The van der Waals surface area contributed by atoms with Crippen LogP contribution in [0.3, 0.4) is 0 Å². The van der Waals surface area contributed by atoms with E-state index in [1.54, 1.807) is 6.92 Å². The number of hydrogen-bond donors (Lipinski definition) is 0. The molecule has 0 fully saturated rings. The highest BCUT2D eigenvalue weighted by Crippen LogP contribution is 2.29. The van der Waals surface area contributed by atoms with Crippen molar-refractivity contribution in [3.05, 3.63) is 102 Å². The molecule has 0 aliphatic rings. The van der Waals surface area contributed by atoms with Crippen molar-refractivity contribution in [2.75, 3.05) is 0 Å². The van der Waals surface area contributed by atoms with Gasteiger partial charge in [-0.05, 0) is 30.4 Å². The normalized spacial score (nSPS) is 11.7. The number of ketones is 1. The van der Waals surface area contributed by atoms with E-state index in [0.717, 1.165) is 33.2 Å². The molecule has 0 atom stereocenters. The molecule has 0 spiro atoms. The Morgan fingerprint density at radius 1 is 0.828 bits per heavy atom. The highest BCUT2D eigenvalue weighted by atomic mass is 16.3. The van der Waals surface area contributed by atoms with Crippen molar-refractivity contribution in [2.45, 2.75) is 26.3 Å². The molecule has 29 heavy (non-hydrogen) atoms. The van der Waals surface area contributed by atoms with Crippen LogP contribution in [0.2, 0.25) is 0 Å². The van der Waals surface area contributed by atoms with Crippen molar-refractivity contribution in [1.82, 2.24) is 0 Å². The summed E-state index contributed by atoms with van der Waals surface area (Å²) in [5.41, 5.74) is 3.80. The smallest absolute Gasteiger partial charge is 0.222 e. The molecule has 0 aliphatic heterocycles. The number of fused-ring (bicyclic) bond motifs is 1. The zero-order valence-electron chi connectivity index (χ0n) is 16.5. The first kappa shape index (κ1) is 18.9. The molecule has 144 valence electrons. The topological polar surface area (TPSA) is 42.6 Å². The fraction of sp³-hybridized carbons (Fsp3) is 0.154. The molecule has 0 bridgehead atoms. The second-order valence-corrected chi connectivity index (χ2v) is 7.13. The lowest BCUT2D eigenvalue weighted by molar-refractivity contribution is -0.116. The molecule has 1 heterocycles. The van der Waals surface area contributed by atoms with E-state index in [-0.39, 0.29) is 5.78 Å². The van der Waals surface area contributed by atoms with Gasteiger partial charge in [0.05, 0.1) is 6.54 Å². The highest BCUT2D eigenvalue weighted by Gasteiger charge is 2.15. The molecular formula is C26H23NO2. The van der Waals surface area contributed by atoms with Crippen LogP contribution in [0.15, 0.2) is 94.3 Å². The summed E-state index contributed by atoms with van der Waals surface area (Å²) in [6, 6.07) is 28.3. The maximum absolute atomic E-state index is 11.7. The van der Waals surface area contributed by atoms with Crippen LogP contribution in [0.4, 0.5) is 0 Å². The summed E-state index contributed by atoms with van der Waals surface area (Å²) in [7, 11) is 0. The maximum Gasteiger partial charge on any atom is 0.222 e. The molecule has 0 saturated heterocycles. The number of benzene rings is 3. The Labute approximate surface area is 170 Å². The van der Waals surface area contributed by atoms with E-state index < -0.39 is 0 Å². The first-order valence-electron chi connectivity index (χ1n) is 9.86. The van der Waals surface area contributed by atoms with E-state index in [1.807, 2.05) is 66.7 Å². The summed E-state index contributed by atoms with van der Waals surface area (Å²) >= 11 is 0. The van der Waals surface area contributed by atoms with Crippen LogP contribution >= 0.6 is 0 Å². The van der Waals surface area contributed by atoms with E-state index in [1.165, 1.54) is 0 Å². The molecular weight excluding hydrogens is 358 g/mol. The van der Waals surface area contributed by atoms with Gasteiger partial charge in [0, 0.05) is 22.9 Å². The van der Waals surface area contributed by atoms with Gasteiger partial charge in [-0.25, -0.2) is 4.99 Å². The Hall–Kier alpha value is -3.46. The second kappa shape index (κ2) is 8.70. The lowest BCUT2D eigenvalue weighted by Gasteiger charge is -2.12. The van der Waals surface area contributed by atoms with Gasteiger partial charge in [-0.3, -0.25) is 0 Å². The summed E-state index contributed by atoms with van der Waals surface area (Å²) in [6.45, 7) is 2.18. The summed E-state index contributed by atoms with van der Waals surface area (Å²) in [5.74, 6) is 0.961. The molecule has 1 aromatic heterocycles. The standard InChI is InChI=1S/C26H23NO2/c1-19(28)16-17-23-22-14-8-9-15-24(22)26(27-18-20-10-4-2-5-11-20)29-25(23)21-12-6-3-7-13-21/h2-15H,16-18H2,1H3. The van der Waals surface area contributed by atoms with Crippen molar-refractivity contribution < 1.29 is 9.21 Å².